The summed E-state index contributed by atoms with van der Waals surface area (Å²) in [5.41, 5.74) is 3.66. The van der Waals surface area contributed by atoms with Crippen molar-refractivity contribution < 1.29 is 14.3 Å². The van der Waals surface area contributed by atoms with Crippen LogP contribution in [0.4, 0.5) is 5.69 Å². The first kappa shape index (κ1) is 23.5. The van der Waals surface area contributed by atoms with Crippen molar-refractivity contribution in [1.82, 2.24) is 15.2 Å². The van der Waals surface area contributed by atoms with Gasteiger partial charge in [-0.2, -0.15) is 5.26 Å². The lowest BCUT2D eigenvalue weighted by molar-refractivity contribution is -0.129. The minimum atomic E-state index is -0.453. The van der Waals surface area contributed by atoms with Crippen molar-refractivity contribution in [2.24, 2.45) is 4.40 Å². The number of anilines is 1. The molecule has 9 nitrogen and oxygen atoms in total. The lowest BCUT2D eigenvalue weighted by atomic mass is 10.1. The van der Waals surface area contributed by atoms with Gasteiger partial charge in [0, 0.05) is 40.4 Å². The molecule has 2 unspecified atom stereocenters. The summed E-state index contributed by atoms with van der Waals surface area (Å²) in [5, 5.41) is 13.1. The fraction of sp³-hybridized carbons (Fsp3) is 0.375. The number of nitriles is 1. The average molecular weight is 509 g/mol. The normalized spacial score (nSPS) is 23.3. The molecule has 1 saturated heterocycles. The number of fused-ring (bicyclic) bond motifs is 1. The molecule has 2 amide bonds. The van der Waals surface area contributed by atoms with Gasteiger partial charge in [0.05, 0.1) is 35.3 Å². The number of carbonyl (C=O) groups is 2. The lowest BCUT2D eigenvalue weighted by Gasteiger charge is -2.25. The van der Waals surface area contributed by atoms with Gasteiger partial charge in [-0.3, -0.25) is 14.6 Å². The Kier molecular flexibility index (Phi) is 6.58. The summed E-state index contributed by atoms with van der Waals surface area (Å²) in [6, 6.07) is 9.16. The molecule has 4 heterocycles. The third kappa shape index (κ3) is 4.68. The molecule has 1 fully saturated rings. The Morgan fingerprint density at radius 1 is 1.34 bits per heavy atom. The van der Waals surface area contributed by atoms with Crippen molar-refractivity contribution in [1.29, 1.82) is 5.26 Å². The molecule has 0 spiro atoms. The Morgan fingerprint density at radius 2 is 2.20 bits per heavy atom. The Balaban J connectivity index is 1.39. The van der Waals surface area contributed by atoms with Crippen molar-refractivity contribution in [2.45, 2.75) is 37.8 Å². The number of hydrogen-bond acceptors (Lipinski definition) is 9. The first-order chi connectivity index (χ1) is 16.9. The number of hydrogen-bond donors (Lipinski definition) is 1. The smallest absolute Gasteiger partial charge is 0.252 e. The van der Waals surface area contributed by atoms with E-state index in [-0.39, 0.29) is 24.6 Å². The van der Waals surface area contributed by atoms with Crippen LogP contribution in [0.3, 0.4) is 0 Å². The second-order valence-electron chi connectivity index (χ2n) is 8.59. The van der Waals surface area contributed by atoms with Gasteiger partial charge in [0.2, 0.25) is 12.1 Å². The van der Waals surface area contributed by atoms with Gasteiger partial charge in [0.1, 0.15) is 12.3 Å². The van der Waals surface area contributed by atoms with Crippen molar-refractivity contribution in [3.05, 3.63) is 48.0 Å². The zero-order valence-corrected chi connectivity index (χ0v) is 20.9. The molecule has 0 bridgehead atoms. The highest BCUT2D eigenvalue weighted by molar-refractivity contribution is 7.99. The van der Waals surface area contributed by atoms with Gasteiger partial charge < -0.3 is 19.9 Å². The van der Waals surface area contributed by atoms with Gasteiger partial charge >= 0.3 is 0 Å². The molecule has 0 saturated carbocycles. The van der Waals surface area contributed by atoms with Crippen molar-refractivity contribution in [3.8, 4) is 6.07 Å². The van der Waals surface area contributed by atoms with Gasteiger partial charge in [-0.1, -0.05) is 6.92 Å². The topological polar surface area (TPSA) is 111 Å². The molecule has 1 N–H and O–H groups in total. The number of amides is 2. The molecule has 3 aliphatic rings. The van der Waals surface area contributed by atoms with E-state index in [0.717, 1.165) is 17.8 Å². The van der Waals surface area contributed by atoms with Crippen LogP contribution in [0.15, 0.2) is 41.1 Å². The largest absolute Gasteiger partial charge is 0.471 e. The molecule has 2 aromatic rings. The molecule has 11 heteroatoms. The van der Waals surface area contributed by atoms with E-state index in [1.807, 2.05) is 36.2 Å². The quantitative estimate of drug-likeness (QED) is 0.613. The van der Waals surface area contributed by atoms with Crippen molar-refractivity contribution >= 4 is 57.8 Å². The summed E-state index contributed by atoms with van der Waals surface area (Å²) < 4.78 is 10.4. The van der Waals surface area contributed by atoms with E-state index in [2.05, 4.69) is 27.7 Å². The first-order valence-electron chi connectivity index (χ1n) is 11.2. The molecule has 0 aliphatic carbocycles. The van der Waals surface area contributed by atoms with Crippen LogP contribution in [0.2, 0.25) is 0 Å². The van der Waals surface area contributed by atoms with Crippen LogP contribution in [-0.4, -0.2) is 63.1 Å². The van der Waals surface area contributed by atoms with Gasteiger partial charge in [-0.05, 0) is 43.1 Å². The molecule has 35 heavy (non-hydrogen) atoms. The number of thioether (sulfide) groups is 1. The molecule has 0 radical (unpaired) electrons. The van der Waals surface area contributed by atoms with Crippen LogP contribution in [0.5, 0.6) is 0 Å². The van der Waals surface area contributed by atoms with Crippen molar-refractivity contribution in [3.63, 3.8) is 0 Å². The third-order valence-electron chi connectivity index (χ3n) is 6.03. The van der Waals surface area contributed by atoms with Gasteiger partial charge in [-0.15, -0.1) is 11.8 Å². The fourth-order valence-electron chi connectivity index (χ4n) is 4.29. The summed E-state index contributed by atoms with van der Waals surface area (Å²) in [6.45, 7) is 3.80. The van der Waals surface area contributed by atoms with Crippen LogP contribution in [0, 0.1) is 18.3 Å². The number of carbonyl (C=O) groups excluding carboxylic acids is 2. The summed E-state index contributed by atoms with van der Waals surface area (Å²) in [5.74, 6) is 0.425. The first-order valence-corrected chi connectivity index (χ1v) is 13.2. The molecular formula is C24H24N6O3S2. The van der Waals surface area contributed by atoms with Crippen LogP contribution in [0.1, 0.15) is 29.4 Å². The van der Waals surface area contributed by atoms with E-state index in [0.29, 0.717) is 39.0 Å². The number of ether oxygens (including phenoxy) is 1. The molecule has 180 valence electrons. The molecule has 3 aliphatic heterocycles. The average Bonchev–Trinajstić information content (AvgIpc) is 3.61. The molecular weight excluding hydrogens is 484 g/mol. The molecule has 3 atom stereocenters. The number of benzene rings is 1. The predicted molar refractivity (Wildman–Crippen MR) is 138 cm³/mol. The number of aryl methyl sites for hydroxylation is 1. The monoisotopic (exact) mass is 508 g/mol. The number of nitrogens with zero attached hydrogens (tertiary/aromatic N) is 5. The number of aromatic nitrogens is 1. The zero-order chi connectivity index (χ0) is 24.5. The van der Waals surface area contributed by atoms with E-state index in [4.69, 9.17) is 4.74 Å². The maximum Gasteiger partial charge on any atom is 0.252 e. The Hall–Kier alpha value is -3.23. The van der Waals surface area contributed by atoms with Gasteiger partial charge in [0.25, 0.3) is 5.91 Å². The Labute approximate surface area is 211 Å². The van der Waals surface area contributed by atoms with E-state index in [9.17, 15) is 14.9 Å². The summed E-state index contributed by atoms with van der Waals surface area (Å²) >= 11 is 3.09. The van der Waals surface area contributed by atoms with E-state index in [1.165, 1.54) is 16.7 Å². The van der Waals surface area contributed by atoms with E-state index >= 15 is 0 Å². The molecule has 1 aromatic carbocycles. The summed E-state index contributed by atoms with van der Waals surface area (Å²) in [7, 11) is 0. The fourth-order valence-corrected chi connectivity index (χ4v) is 6.12. The van der Waals surface area contributed by atoms with E-state index < -0.39 is 6.04 Å². The van der Waals surface area contributed by atoms with E-state index in [1.54, 1.807) is 24.3 Å². The van der Waals surface area contributed by atoms with Gasteiger partial charge in [0.15, 0.2) is 0 Å². The number of nitrogens with one attached hydrogen (secondary N) is 1. The number of pyridine rings is 1. The SMILES string of the molecule is Cc1cc(C(=O)NCC(=O)N2CSCC2C#N)c2cc(N3C=CO[C@@H]3C3=NSC(C)C3)ccc2n1. The summed E-state index contributed by atoms with van der Waals surface area (Å²) in [6.07, 6.45) is 4.06. The van der Waals surface area contributed by atoms with Crippen LogP contribution >= 0.6 is 23.7 Å². The standard InChI is InChI=1S/C24H24N6O3S2/c1-14-7-19(23(32)26-11-22(31)30-13-34-12-17(30)10-25)18-9-16(3-4-20(18)27-14)29-5-6-33-24(29)21-8-15(2)35-28-21/h3-7,9,15,17,24H,8,11-13H2,1-2H3,(H,26,32)/t15?,17?,24-/m1/s1. The summed E-state index contributed by atoms with van der Waals surface area (Å²) in [4.78, 5) is 33.8. The van der Waals surface area contributed by atoms with Gasteiger partial charge in [-0.25, -0.2) is 4.40 Å². The highest BCUT2D eigenvalue weighted by Crippen LogP contribution is 2.33. The van der Waals surface area contributed by atoms with Crippen LogP contribution in [0.25, 0.3) is 10.9 Å². The maximum absolute atomic E-state index is 13.2. The second kappa shape index (κ2) is 9.79. The highest BCUT2D eigenvalue weighted by Gasteiger charge is 2.32. The third-order valence-corrected chi connectivity index (χ3v) is 7.91. The minimum absolute atomic E-state index is 0.166. The minimum Gasteiger partial charge on any atom is -0.471 e. The maximum atomic E-state index is 13.2. The zero-order valence-electron chi connectivity index (χ0n) is 19.3. The predicted octanol–water partition coefficient (Wildman–Crippen LogP) is 3.21. The number of rotatable bonds is 5. The second-order valence-corrected chi connectivity index (χ2v) is 10.8. The Morgan fingerprint density at radius 3 is 2.97 bits per heavy atom. The molecule has 1 aromatic heterocycles. The van der Waals surface area contributed by atoms with Crippen LogP contribution < -0.4 is 10.2 Å². The highest BCUT2D eigenvalue weighted by atomic mass is 32.2. The lowest BCUT2D eigenvalue weighted by Crippen LogP contribution is -2.42. The molecule has 5 rings (SSSR count). The van der Waals surface area contributed by atoms with Crippen molar-refractivity contribution in [2.75, 3.05) is 23.1 Å². The Bertz CT molecular complexity index is 1290. The van der Waals surface area contributed by atoms with Crippen LogP contribution in [-0.2, 0) is 9.53 Å².